The zero-order valence-electron chi connectivity index (χ0n) is 49.2. The number of guanidine groups is 2. The molecule has 468 valence electrons. The van der Waals surface area contributed by atoms with Crippen molar-refractivity contribution in [2.75, 3.05) is 41.5 Å². The highest BCUT2D eigenvalue weighted by Crippen LogP contribution is 2.26. The maximum absolute atomic E-state index is 14.4. The summed E-state index contributed by atoms with van der Waals surface area (Å²) in [7, 11) is 5.38. The van der Waals surface area contributed by atoms with Crippen LogP contribution in [-0.4, -0.2) is 141 Å². The SMILES string of the molecule is COc1ccc(CC(=O)[C@H](CCCCC(=N)N)NC(=O)c2cc(CC(=O)[C@H](CCCN=C(N)N)NC(=O)c3cc(CC(=O)[C@H](CCCN=C(N)N)NC(=O)c4cc(CC(=O)[C@@H](N)CCC(=O)O)ccc4OC)ccc3OC)ccc2OC)cc1C(N)=O. The van der Waals surface area contributed by atoms with Gasteiger partial charge in [0, 0.05) is 51.6 Å². The molecule has 0 saturated heterocycles. The van der Waals surface area contributed by atoms with Crippen molar-refractivity contribution in [3.63, 3.8) is 0 Å². The van der Waals surface area contributed by atoms with Crippen molar-refractivity contribution in [1.82, 2.24) is 16.0 Å². The number of rotatable bonds is 39. The molecule has 4 aromatic carbocycles. The van der Waals surface area contributed by atoms with Crippen LogP contribution in [0.1, 0.15) is 128 Å². The number of methoxy groups -OCH3 is 4. The van der Waals surface area contributed by atoms with Gasteiger partial charge in [0.05, 0.1) is 80.7 Å². The Morgan fingerprint density at radius 1 is 0.460 bits per heavy atom. The number of amides is 4. The number of hydrogen-bond donors (Lipinski definition) is 12. The van der Waals surface area contributed by atoms with Crippen LogP contribution >= 0.6 is 0 Å². The fraction of sp³-hybridized carbons (Fsp3) is 0.400. The second-order valence-corrected chi connectivity index (χ2v) is 20.4. The third-order valence-electron chi connectivity index (χ3n) is 13.8. The van der Waals surface area contributed by atoms with E-state index >= 15 is 0 Å². The lowest BCUT2D eigenvalue weighted by Crippen LogP contribution is -2.42. The minimum Gasteiger partial charge on any atom is -0.496 e. The molecule has 4 atom stereocenters. The number of aliphatic carboxylic acids is 1. The molecule has 0 unspecified atom stereocenters. The Kier molecular flexibility index (Phi) is 27.8. The van der Waals surface area contributed by atoms with Crippen molar-refractivity contribution in [2.45, 2.75) is 114 Å². The van der Waals surface area contributed by atoms with E-state index in [1.165, 1.54) is 77.0 Å². The molecule has 0 bridgehead atoms. The largest absolute Gasteiger partial charge is 0.496 e. The third-order valence-corrected chi connectivity index (χ3v) is 13.8. The van der Waals surface area contributed by atoms with Crippen LogP contribution < -0.4 is 75.0 Å². The third kappa shape index (κ3) is 22.5. The van der Waals surface area contributed by atoms with E-state index in [0.717, 1.165) is 0 Å². The Hall–Kier alpha value is -9.92. The predicted octanol–water partition coefficient (Wildman–Crippen LogP) is 1.46. The molecule has 27 nitrogen and oxygen atoms in total. The molecular formula is C60H79N13O14. The fourth-order valence-corrected chi connectivity index (χ4v) is 9.25. The van der Waals surface area contributed by atoms with Gasteiger partial charge >= 0.3 is 5.97 Å². The molecule has 4 aromatic rings. The number of carboxylic acids is 1. The zero-order chi connectivity index (χ0) is 64.3. The van der Waals surface area contributed by atoms with E-state index in [4.69, 9.17) is 69.6 Å². The Labute approximate surface area is 503 Å². The highest BCUT2D eigenvalue weighted by atomic mass is 16.5. The summed E-state index contributed by atoms with van der Waals surface area (Å²) in [6.45, 7) is 0.212. The number of amidine groups is 1. The number of ketones is 4. The van der Waals surface area contributed by atoms with E-state index in [2.05, 4.69) is 25.9 Å². The van der Waals surface area contributed by atoms with Crippen LogP contribution in [0, 0.1) is 5.41 Å². The molecule has 0 radical (unpaired) electrons. The molecule has 0 aliphatic heterocycles. The second kappa shape index (κ2) is 34.8. The molecule has 0 fully saturated rings. The van der Waals surface area contributed by atoms with Gasteiger partial charge in [0.25, 0.3) is 23.6 Å². The summed E-state index contributed by atoms with van der Waals surface area (Å²) in [6.07, 6.45) is 0.436. The van der Waals surface area contributed by atoms with Gasteiger partial charge in [-0.3, -0.25) is 58.5 Å². The lowest BCUT2D eigenvalue weighted by molar-refractivity contribution is -0.137. The molecule has 0 aliphatic carbocycles. The summed E-state index contributed by atoms with van der Waals surface area (Å²) in [5.74, 6) is -5.74. The van der Waals surface area contributed by atoms with E-state index in [1.807, 2.05) is 0 Å². The molecule has 4 amide bonds. The molecule has 0 aromatic heterocycles. The van der Waals surface area contributed by atoms with Crippen molar-refractivity contribution in [3.8, 4) is 23.0 Å². The number of primary amides is 1. The first-order valence-electron chi connectivity index (χ1n) is 27.8. The van der Waals surface area contributed by atoms with Crippen LogP contribution in [-0.2, 0) is 49.7 Å². The van der Waals surface area contributed by atoms with Crippen LogP contribution in [0.4, 0.5) is 0 Å². The molecular weight excluding hydrogens is 1130 g/mol. The summed E-state index contributed by atoms with van der Waals surface area (Å²) >= 11 is 0. The van der Waals surface area contributed by atoms with Crippen molar-refractivity contribution >= 4 is 70.5 Å². The molecule has 0 saturated carbocycles. The van der Waals surface area contributed by atoms with Gasteiger partial charge in [-0.2, -0.15) is 0 Å². The maximum Gasteiger partial charge on any atom is 0.303 e. The first-order valence-corrected chi connectivity index (χ1v) is 27.8. The average molecular weight is 1210 g/mol. The number of nitrogens with zero attached hydrogens (tertiary/aromatic N) is 2. The van der Waals surface area contributed by atoms with Crippen LogP contribution in [0.3, 0.4) is 0 Å². The highest BCUT2D eigenvalue weighted by molar-refractivity contribution is 6.04. The van der Waals surface area contributed by atoms with Crippen molar-refractivity contribution in [2.24, 2.45) is 50.1 Å². The monoisotopic (exact) mass is 1210 g/mol. The smallest absolute Gasteiger partial charge is 0.303 e. The number of nitrogens with two attached hydrogens (primary N) is 7. The van der Waals surface area contributed by atoms with Gasteiger partial charge in [0.15, 0.2) is 35.1 Å². The number of nitrogens with one attached hydrogen (secondary N) is 4. The summed E-state index contributed by atoms with van der Waals surface area (Å²) in [4.78, 5) is 129. The molecule has 87 heavy (non-hydrogen) atoms. The number of carbonyl (C=O) groups is 9. The number of ether oxygens (including phenoxy) is 4. The van der Waals surface area contributed by atoms with Crippen molar-refractivity contribution in [1.29, 1.82) is 5.41 Å². The van der Waals surface area contributed by atoms with Crippen LogP contribution in [0.5, 0.6) is 23.0 Å². The molecule has 27 heteroatoms. The number of Topliss-reactive ketones (excluding diaryl/α,β-unsaturated/α-hetero) is 4. The van der Waals surface area contributed by atoms with E-state index < -0.39 is 76.9 Å². The summed E-state index contributed by atoms with van der Waals surface area (Å²) in [6, 6.07) is 13.5. The maximum atomic E-state index is 14.4. The molecule has 19 N–H and O–H groups in total. The lowest BCUT2D eigenvalue weighted by Gasteiger charge is -2.21. The van der Waals surface area contributed by atoms with E-state index in [1.54, 1.807) is 24.3 Å². The number of aliphatic imine (C=N–C) groups is 2. The summed E-state index contributed by atoms with van der Waals surface area (Å²) in [5.41, 5.74) is 40.8. The van der Waals surface area contributed by atoms with Crippen LogP contribution in [0.25, 0.3) is 0 Å². The number of hydrogen-bond acceptors (Lipinski definition) is 17. The normalized spacial score (nSPS) is 12.1. The number of unbranched alkanes of at least 4 members (excludes halogenated alkanes) is 1. The minimum absolute atomic E-state index is 0.00934. The average Bonchev–Trinajstić information content (AvgIpc) is 1.57. The van der Waals surface area contributed by atoms with Gasteiger partial charge in [0.1, 0.15) is 23.0 Å². The quantitative estimate of drug-likeness (QED) is 0.0171. The molecule has 0 aliphatic rings. The van der Waals surface area contributed by atoms with Crippen LogP contribution in [0.2, 0.25) is 0 Å². The van der Waals surface area contributed by atoms with Gasteiger partial charge < -0.3 is 80.1 Å². The van der Waals surface area contributed by atoms with Gasteiger partial charge in [-0.15, -0.1) is 0 Å². The lowest BCUT2D eigenvalue weighted by atomic mass is 9.96. The standard InChI is InChI=1S/C60H79N13O14/c1-84-49-18-13-33(25-37(49)55(64)80)30-46(75)42(9-5-6-12-53(62)63)71-56(81)39-27-35(15-20-51(39)86-3)31-48(77)44(11-8-24-70-60(67)68)73-58(83)40-28-36(16-21-52(40)87-4)32-47(76)43(10-7-23-69-59(65)66)72-57(82)38-26-34(14-19-50(38)85-2)29-45(74)41(61)17-22-54(78)79/h13-16,18-21,25-28,41-44H,5-12,17,22-24,29-32,61H2,1-4H3,(H3,62,63)(H2,64,80)(H,71,81)(H,72,82)(H,73,83)(H,78,79)(H4,65,66,69)(H4,67,68,70)/t41-,42-,43-,44-/m0/s1. The Bertz CT molecular complexity index is 3210. The summed E-state index contributed by atoms with van der Waals surface area (Å²) in [5, 5.41) is 25.1. The Morgan fingerprint density at radius 3 is 1.09 bits per heavy atom. The van der Waals surface area contributed by atoms with Gasteiger partial charge in [-0.1, -0.05) is 30.7 Å². The molecule has 0 heterocycles. The Morgan fingerprint density at radius 2 is 0.782 bits per heavy atom. The predicted molar refractivity (Wildman–Crippen MR) is 324 cm³/mol. The van der Waals surface area contributed by atoms with Crippen LogP contribution in [0.15, 0.2) is 82.8 Å². The van der Waals surface area contributed by atoms with E-state index in [-0.39, 0.29) is 153 Å². The molecule has 0 spiro atoms. The fourth-order valence-electron chi connectivity index (χ4n) is 9.25. The Balaban J connectivity index is 1.61. The summed E-state index contributed by atoms with van der Waals surface area (Å²) < 4.78 is 21.8. The topological polar surface area (TPSA) is 478 Å². The van der Waals surface area contributed by atoms with E-state index in [0.29, 0.717) is 35.1 Å². The van der Waals surface area contributed by atoms with Crippen molar-refractivity contribution in [3.05, 3.63) is 117 Å². The van der Waals surface area contributed by atoms with Gasteiger partial charge in [0.2, 0.25) is 0 Å². The van der Waals surface area contributed by atoms with Gasteiger partial charge in [-0.25, -0.2) is 0 Å². The number of carbonyl (C=O) groups excluding carboxylic acids is 8. The molecule has 4 rings (SSSR count). The first-order chi connectivity index (χ1) is 41.4. The van der Waals surface area contributed by atoms with E-state index in [9.17, 15) is 43.2 Å². The van der Waals surface area contributed by atoms with Crippen molar-refractivity contribution < 1.29 is 67.2 Å². The first kappa shape index (κ1) is 69.6. The van der Waals surface area contributed by atoms with Gasteiger partial charge in [-0.05, 0) is 116 Å². The minimum atomic E-state index is -1.18. The highest BCUT2D eigenvalue weighted by Gasteiger charge is 2.29. The number of carboxylic acid groups (broad SMARTS) is 1. The zero-order valence-corrected chi connectivity index (χ0v) is 49.2. The second-order valence-electron chi connectivity index (χ2n) is 20.4. The number of benzene rings is 4.